The van der Waals surface area contributed by atoms with Gasteiger partial charge in [0.2, 0.25) is 0 Å². The van der Waals surface area contributed by atoms with Crippen molar-refractivity contribution in [3.05, 3.63) is 23.4 Å². The van der Waals surface area contributed by atoms with Crippen LogP contribution >= 0.6 is 0 Å². The zero-order valence-electron chi connectivity index (χ0n) is 6.72. The van der Waals surface area contributed by atoms with Crippen LogP contribution in [-0.2, 0) is 0 Å². The number of hydrogen-bond acceptors (Lipinski definition) is 2. The molecule has 2 N–H and O–H groups in total. The third-order valence-corrected chi connectivity index (χ3v) is 1.90. The number of nitrogens with zero attached hydrogens (tertiary/aromatic N) is 1. The van der Waals surface area contributed by atoms with Gasteiger partial charge in [0, 0.05) is 5.70 Å². The Hall–Kier alpha value is -1.23. The fraction of sp³-hybridized carbons (Fsp3) is 0.444. The van der Waals surface area contributed by atoms with E-state index < -0.39 is 0 Å². The largest absolute Gasteiger partial charge is 0.401 e. The molecule has 0 unspecified atom stereocenters. The lowest BCUT2D eigenvalue weighted by atomic mass is 10.0. The first-order valence-corrected chi connectivity index (χ1v) is 3.72. The molecule has 0 atom stereocenters. The van der Waals surface area contributed by atoms with E-state index in [-0.39, 0.29) is 0 Å². The van der Waals surface area contributed by atoms with Gasteiger partial charge in [-0.05, 0) is 31.3 Å². The lowest BCUT2D eigenvalue weighted by Crippen LogP contribution is -1.99. The zero-order valence-corrected chi connectivity index (χ0v) is 6.72. The van der Waals surface area contributed by atoms with Crippen molar-refractivity contribution in [1.29, 1.82) is 5.26 Å². The molecule has 0 heterocycles. The Kier molecular flexibility index (Phi) is 2.00. The summed E-state index contributed by atoms with van der Waals surface area (Å²) in [6.07, 6.45) is 2.33. The predicted octanol–water partition coefficient (Wildman–Crippen LogP) is 1.71. The summed E-state index contributed by atoms with van der Waals surface area (Å²) in [7, 11) is 0. The van der Waals surface area contributed by atoms with Gasteiger partial charge < -0.3 is 5.73 Å². The van der Waals surface area contributed by atoms with E-state index in [9.17, 15) is 0 Å². The van der Waals surface area contributed by atoms with Gasteiger partial charge >= 0.3 is 0 Å². The Bertz CT molecular complexity index is 247. The molecule has 0 spiro atoms. The third-order valence-electron chi connectivity index (χ3n) is 1.90. The van der Waals surface area contributed by atoms with Crippen LogP contribution in [0, 0.1) is 17.2 Å². The number of allylic oxidation sites excluding steroid dienone is 3. The minimum absolute atomic E-state index is 0.531. The summed E-state index contributed by atoms with van der Waals surface area (Å²) in [5, 5.41) is 8.69. The van der Waals surface area contributed by atoms with Gasteiger partial charge in [0.25, 0.3) is 0 Å². The summed E-state index contributed by atoms with van der Waals surface area (Å²) in [5.74, 6) is 0.531. The number of nitrogens with two attached hydrogens (primary N) is 1. The normalized spacial score (nSPS) is 18.5. The SMILES string of the molecule is C=C(/C(C#N)=C(\C)N)C1CC1. The molecule has 0 aromatic heterocycles. The lowest BCUT2D eigenvalue weighted by molar-refractivity contribution is 1.02. The van der Waals surface area contributed by atoms with Gasteiger partial charge in [-0.3, -0.25) is 0 Å². The maximum atomic E-state index is 8.69. The summed E-state index contributed by atoms with van der Waals surface area (Å²) in [4.78, 5) is 0. The summed E-state index contributed by atoms with van der Waals surface area (Å²) < 4.78 is 0. The van der Waals surface area contributed by atoms with Gasteiger partial charge in [-0.1, -0.05) is 6.58 Å². The van der Waals surface area contributed by atoms with Crippen molar-refractivity contribution in [3.63, 3.8) is 0 Å². The van der Waals surface area contributed by atoms with Crippen molar-refractivity contribution in [2.24, 2.45) is 11.7 Å². The Morgan fingerprint density at radius 1 is 1.64 bits per heavy atom. The number of hydrogen-bond donors (Lipinski definition) is 1. The molecular formula is C9H12N2. The molecular weight excluding hydrogens is 136 g/mol. The van der Waals surface area contributed by atoms with Gasteiger partial charge in [-0.25, -0.2) is 0 Å². The Morgan fingerprint density at radius 2 is 2.18 bits per heavy atom. The first-order chi connectivity index (χ1) is 5.16. The topological polar surface area (TPSA) is 49.8 Å². The van der Waals surface area contributed by atoms with Crippen molar-refractivity contribution >= 4 is 0 Å². The molecule has 11 heavy (non-hydrogen) atoms. The molecule has 1 saturated carbocycles. The second kappa shape index (κ2) is 2.79. The minimum Gasteiger partial charge on any atom is -0.401 e. The molecule has 0 aromatic rings. The van der Waals surface area contributed by atoms with Gasteiger partial charge in [0.15, 0.2) is 0 Å². The molecule has 58 valence electrons. The molecule has 0 bridgehead atoms. The maximum absolute atomic E-state index is 8.69. The van der Waals surface area contributed by atoms with Gasteiger partial charge in [-0.15, -0.1) is 0 Å². The van der Waals surface area contributed by atoms with Crippen LogP contribution in [0.5, 0.6) is 0 Å². The molecule has 2 nitrogen and oxygen atoms in total. The molecule has 1 rings (SSSR count). The quantitative estimate of drug-likeness (QED) is 0.478. The Balaban J connectivity index is 2.79. The van der Waals surface area contributed by atoms with Gasteiger partial charge in [-0.2, -0.15) is 5.26 Å². The van der Waals surface area contributed by atoms with Crippen LogP contribution < -0.4 is 5.73 Å². The molecule has 0 saturated heterocycles. The van der Waals surface area contributed by atoms with Crippen LogP contribution in [0.15, 0.2) is 23.4 Å². The summed E-state index contributed by atoms with van der Waals surface area (Å²) in [5.41, 5.74) is 7.61. The van der Waals surface area contributed by atoms with Crippen molar-refractivity contribution in [2.75, 3.05) is 0 Å². The first-order valence-electron chi connectivity index (χ1n) is 3.72. The second-order valence-electron chi connectivity index (χ2n) is 2.97. The van der Waals surface area contributed by atoms with Crippen LogP contribution in [0.3, 0.4) is 0 Å². The molecule has 1 aliphatic rings. The van der Waals surface area contributed by atoms with Crippen LogP contribution in [0.1, 0.15) is 19.8 Å². The highest BCUT2D eigenvalue weighted by Crippen LogP contribution is 2.38. The molecule has 1 aliphatic carbocycles. The fourth-order valence-electron chi connectivity index (χ4n) is 1.05. The molecule has 0 amide bonds. The summed E-state index contributed by atoms with van der Waals surface area (Å²) in [6, 6.07) is 2.08. The van der Waals surface area contributed by atoms with E-state index in [0.717, 1.165) is 18.4 Å². The highest BCUT2D eigenvalue weighted by atomic mass is 14.6. The monoisotopic (exact) mass is 148 g/mol. The smallest absolute Gasteiger partial charge is 0.101 e. The zero-order chi connectivity index (χ0) is 8.43. The molecule has 2 heteroatoms. The summed E-state index contributed by atoms with van der Waals surface area (Å²) >= 11 is 0. The van der Waals surface area contributed by atoms with Crippen molar-refractivity contribution < 1.29 is 0 Å². The average Bonchev–Trinajstić information content (AvgIpc) is 2.68. The highest BCUT2D eigenvalue weighted by Gasteiger charge is 2.27. The average molecular weight is 148 g/mol. The highest BCUT2D eigenvalue weighted by molar-refractivity contribution is 5.45. The Labute approximate surface area is 67.0 Å². The standard InChI is InChI=1S/C9H12N2/c1-6(8-3-4-8)9(5-10)7(2)11/h8H,1,3-4,11H2,2H3/b9-7+. The summed E-state index contributed by atoms with van der Waals surface area (Å²) in [6.45, 7) is 5.59. The fourth-order valence-corrected chi connectivity index (χ4v) is 1.05. The van der Waals surface area contributed by atoms with E-state index in [4.69, 9.17) is 11.0 Å². The second-order valence-corrected chi connectivity index (χ2v) is 2.97. The lowest BCUT2D eigenvalue weighted by Gasteiger charge is -2.02. The van der Waals surface area contributed by atoms with Crippen molar-refractivity contribution in [2.45, 2.75) is 19.8 Å². The van der Waals surface area contributed by atoms with Crippen LogP contribution in [0.4, 0.5) is 0 Å². The molecule has 0 aliphatic heterocycles. The van der Waals surface area contributed by atoms with E-state index in [1.165, 1.54) is 0 Å². The van der Waals surface area contributed by atoms with E-state index in [1.807, 2.05) is 0 Å². The van der Waals surface area contributed by atoms with Crippen molar-refractivity contribution in [3.8, 4) is 6.07 Å². The van der Waals surface area contributed by atoms with Gasteiger partial charge in [0.1, 0.15) is 6.07 Å². The van der Waals surface area contributed by atoms with E-state index >= 15 is 0 Å². The number of rotatable bonds is 2. The Morgan fingerprint density at radius 3 is 2.45 bits per heavy atom. The molecule has 1 fully saturated rings. The van der Waals surface area contributed by atoms with E-state index in [1.54, 1.807) is 6.92 Å². The molecule has 0 aromatic carbocycles. The third kappa shape index (κ3) is 1.62. The van der Waals surface area contributed by atoms with Crippen LogP contribution in [-0.4, -0.2) is 0 Å². The van der Waals surface area contributed by atoms with Crippen LogP contribution in [0.25, 0.3) is 0 Å². The van der Waals surface area contributed by atoms with Gasteiger partial charge in [0.05, 0.1) is 5.57 Å². The van der Waals surface area contributed by atoms with E-state index in [2.05, 4.69) is 12.6 Å². The number of nitriles is 1. The first kappa shape index (κ1) is 7.87. The minimum atomic E-state index is 0.531. The molecule has 0 radical (unpaired) electrons. The van der Waals surface area contributed by atoms with Crippen molar-refractivity contribution in [1.82, 2.24) is 0 Å². The van der Waals surface area contributed by atoms with E-state index in [0.29, 0.717) is 17.2 Å². The maximum Gasteiger partial charge on any atom is 0.101 e. The predicted molar refractivity (Wildman–Crippen MR) is 44.4 cm³/mol. The van der Waals surface area contributed by atoms with Crippen LogP contribution in [0.2, 0.25) is 0 Å².